The van der Waals surface area contributed by atoms with Gasteiger partial charge in [0.05, 0.1) is 0 Å². The summed E-state index contributed by atoms with van der Waals surface area (Å²) in [6, 6.07) is 24.6. The first-order valence-corrected chi connectivity index (χ1v) is 11.2. The lowest BCUT2D eigenvalue weighted by atomic mass is 9.94. The van der Waals surface area contributed by atoms with Crippen LogP contribution in [-0.4, -0.2) is 10.7 Å². The molecule has 6 nitrogen and oxygen atoms in total. The van der Waals surface area contributed by atoms with Crippen molar-refractivity contribution in [3.05, 3.63) is 100 Å². The Kier molecular flexibility index (Phi) is 6.52. The monoisotopic (exact) mass is 455 g/mol. The Bertz CT molecular complexity index is 1370. The van der Waals surface area contributed by atoms with E-state index in [2.05, 4.69) is 5.32 Å². The molecule has 4 rings (SSSR count). The Labute approximate surface area is 199 Å². The van der Waals surface area contributed by atoms with Gasteiger partial charge in [-0.3, -0.25) is 10.1 Å². The third-order valence-electron chi connectivity index (χ3n) is 5.67. The molecule has 34 heavy (non-hydrogen) atoms. The Morgan fingerprint density at radius 3 is 2.21 bits per heavy atom. The van der Waals surface area contributed by atoms with Crippen molar-refractivity contribution >= 4 is 22.6 Å². The van der Waals surface area contributed by atoms with Crippen LogP contribution in [0.25, 0.3) is 21.9 Å². The fourth-order valence-corrected chi connectivity index (χ4v) is 4.23. The van der Waals surface area contributed by atoms with E-state index in [1.807, 2.05) is 87.5 Å². The molecule has 0 spiro atoms. The van der Waals surface area contributed by atoms with Crippen LogP contribution in [-0.2, 0) is 23.4 Å². The maximum absolute atomic E-state index is 13.5. The first-order valence-electron chi connectivity index (χ1n) is 11.2. The number of ether oxygens (including phenoxy) is 1. The molecule has 1 aromatic heterocycles. The van der Waals surface area contributed by atoms with Crippen LogP contribution in [0.2, 0.25) is 0 Å². The van der Waals surface area contributed by atoms with Crippen LogP contribution >= 0.6 is 0 Å². The standard InChI is InChI=1S/C28H29N3O3/c1-28(2,3)31-24(17-29)25(20-12-8-5-9-13-20)23-16-21(14-15-22(23)26(31)32)30-27(33)34-18-19-10-6-4-7-11-19/h4-16H,17-18,29H2,1-3H3,(H,30,33). The quantitative estimate of drug-likeness (QED) is 0.408. The molecule has 0 atom stereocenters. The zero-order valence-electron chi connectivity index (χ0n) is 19.7. The van der Waals surface area contributed by atoms with Gasteiger partial charge in [-0.25, -0.2) is 4.79 Å². The molecular formula is C28H29N3O3. The van der Waals surface area contributed by atoms with Crippen LogP contribution in [0.4, 0.5) is 10.5 Å². The Morgan fingerprint density at radius 1 is 0.941 bits per heavy atom. The zero-order valence-corrected chi connectivity index (χ0v) is 19.7. The number of fused-ring (bicyclic) bond motifs is 1. The van der Waals surface area contributed by atoms with Gasteiger partial charge in [0, 0.05) is 34.4 Å². The topological polar surface area (TPSA) is 86.3 Å². The number of nitrogens with zero attached hydrogens (tertiary/aromatic N) is 1. The number of nitrogens with two attached hydrogens (primary N) is 1. The number of hydrogen-bond donors (Lipinski definition) is 2. The van der Waals surface area contributed by atoms with Crippen molar-refractivity contribution in [3.63, 3.8) is 0 Å². The number of anilines is 1. The van der Waals surface area contributed by atoms with E-state index in [9.17, 15) is 9.59 Å². The van der Waals surface area contributed by atoms with Gasteiger partial charge < -0.3 is 15.0 Å². The molecule has 4 aromatic rings. The van der Waals surface area contributed by atoms with E-state index in [4.69, 9.17) is 10.5 Å². The predicted octanol–water partition coefficient (Wildman–Crippen LogP) is 5.63. The molecule has 0 fully saturated rings. The number of amides is 1. The minimum atomic E-state index is -0.563. The molecular weight excluding hydrogens is 426 g/mol. The number of benzene rings is 3. The molecule has 0 bridgehead atoms. The fourth-order valence-electron chi connectivity index (χ4n) is 4.23. The van der Waals surface area contributed by atoms with Crippen molar-refractivity contribution < 1.29 is 9.53 Å². The molecule has 3 aromatic carbocycles. The van der Waals surface area contributed by atoms with Gasteiger partial charge in [-0.05, 0) is 55.5 Å². The van der Waals surface area contributed by atoms with Crippen LogP contribution in [0.15, 0.2) is 83.7 Å². The number of rotatable bonds is 5. The van der Waals surface area contributed by atoms with Crippen molar-refractivity contribution in [1.29, 1.82) is 0 Å². The molecule has 0 aliphatic rings. The molecule has 1 heterocycles. The summed E-state index contributed by atoms with van der Waals surface area (Å²) in [5.74, 6) is 0. The number of carbonyl (C=O) groups excluding carboxylic acids is 1. The number of carbonyl (C=O) groups is 1. The maximum Gasteiger partial charge on any atom is 0.411 e. The predicted molar refractivity (Wildman–Crippen MR) is 137 cm³/mol. The minimum absolute atomic E-state index is 0.110. The van der Waals surface area contributed by atoms with Crippen molar-refractivity contribution in [2.45, 2.75) is 39.5 Å². The summed E-state index contributed by atoms with van der Waals surface area (Å²) in [5.41, 5.74) is 9.67. The van der Waals surface area contributed by atoms with Crippen molar-refractivity contribution in [2.24, 2.45) is 5.73 Å². The highest BCUT2D eigenvalue weighted by Crippen LogP contribution is 2.34. The average Bonchev–Trinajstić information content (AvgIpc) is 2.82. The summed E-state index contributed by atoms with van der Waals surface area (Å²) < 4.78 is 7.13. The van der Waals surface area contributed by atoms with Crippen molar-refractivity contribution in [1.82, 2.24) is 4.57 Å². The highest BCUT2D eigenvalue weighted by Gasteiger charge is 2.24. The molecule has 1 amide bonds. The second kappa shape index (κ2) is 9.53. The van der Waals surface area contributed by atoms with Crippen LogP contribution < -0.4 is 16.6 Å². The van der Waals surface area contributed by atoms with Crippen LogP contribution in [0, 0.1) is 0 Å². The first kappa shape index (κ1) is 23.3. The van der Waals surface area contributed by atoms with E-state index in [1.165, 1.54) is 0 Å². The average molecular weight is 456 g/mol. The van der Waals surface area contributed by atoms with Gasteiger partial charge >= 0.3 is 6.09 Å². The summed E-state index contributed by atoms with van der Waals surface area (Å²) in [7, 11) is 0. The largest absolute Gasteiger partial charge is 0.444 e. The lowest BCUT2D eigenvalue weighted by Crippen LogP contribution is -2.37. The van der Waals surface area contributed by atoms with Gasteiger partial charge in [0.2, 0.25) is 0 Å². The summed E-state index contributed by atoms with van der Waals surface area (Å²) >= 11 is 0. The third-order valence-corrected chi connectivity index (χ3v) is 5.67. The van der Waals surface area contributed by atoms with Gasteiger partial charge in [0.25, 0.3) is 5.56 Å². The van der Waals surface area contributed by atoms with Crippen LogP contribution in [0.1, 0.15) is 32.0 Å². The summed E-state index contributed by atoms with van der Waals surface area (Å²) in [4.78, 5) is 26.0. The Balaban J connectivity index is 1.80. The Morgan fingerprint density at radius 2 is 1.59 bits per heavy atom. The second-order valence-electron chi connectivity index (χ2n) is 9.15. The lowest BCUT2D eigenvalue weighted by molar-refractivity contribution is 0.155. The Hall–Kier alpha value is -3.90. The van der Waals surface area contributed by atoms with Crippen molar-refractivity contribution in [2.75, 3.05) is 5.32 Å². The second-order valence-corrected chi connectivity index (χ2v) is 9.15. The molecule has 0 saturated carbocycles. The van der Waals surface area contributed by atoms with E-state index < -0.39 is 11.6 Å². The summed E-state index contributed by atoms with van der Waals surface area (Å²) in [5, 5.41) is 4.08. The van der Waals surface area contributed by atoms with Gasteiger partial charge in [-0.15, -0.1) is 0 Å². The normalized spacial score (nSPS) is 11.4. The minimum Gasteiger partial charge on any atom is -0.444 e. The molecule has 174 valence electrons. The SMILES string of the molecule is CC(C)(C)n1c(CN)c(-c2ccccc2)c2cc(NC(=O)OCc3ccccc3)ccc2c1=O. The van der Waals surface area contributed by atoms with Gasteiger partial charge in [0.15, 0.2) is 0 Å². The fraction of sp³-hybridized carbons (Fsp3) is 0.214. The van der Waals surface area contributed by atoms with Gasteiger partial charge in [-0.2, -0.15) is 0 Å². The van der Waals surface area contributed by atoms with Crippen LogP contribution in [0.3, 0.4) is 0 Å². The van der Waals surface area contributed by atoms with Crippen molar-refractivity contribution in [3.8, 4) is 11.1 Å². The first-order chi connectivity index (χ1) is 16.3. The summed E-state index contributed by atoms with van der Waals surface area (Å²) in [6.45, 7) is 6.35. The maximum atomic E-state index is 13.5. The lowest BCUT2D eigenvalue weighted by Gasteiger charge is -2.29. The zero-order chi connectivity index (χ0) is 24.3. The van der Waals surface area contributed by atoms with Gasteiger partial charge in [0.1, 0.15) is 6.61 Å². The number of hydrogen-bond acceptors (Lipinski definition) is 4. The number of pyridine rings is 1. The number of aromatic nitrogens is 1. The molecule has 6 heteroatoms. The highest BCUT2D eigenvalue weighted by molar-refractivity contribution is 6.00. The third kappa shape index (κ3) is 4.72. The molecule has 0 aliphatic heterocycles. The molecule has 3 N–H and O–H groups in total. The highest BCUT2D eigenvalue weighted by atomic mass is 16.5. The molecule has 0 unspecified atom stereocenters. The van der Waals surface area contributed by atoms with E-state index in [-0.39, 0.29) is 18.7 Å². The van der Waals surface area contributed by atoms with E-state index in [0.717, 1.165) is 27.8 Å². The molecule has 0 radical (unpaired) electrons. The van der Waals surface area contributed by atoms with E-state index >= 15 is 0 Å². The smallest absolute Gasteiger partial charge is 0.411 e. The van der Waals surface area contributed by atoms with E-state index in [0.29, 0.717) is 11.1 Å². The molecule has 0 aliphatic carbocycles. The summed E-state index contributed by atoms with van der Waals surface area (Å²) in [6.07, 6.45) is -0.563. The van der Waals surface area contributed by atoms with E-state index in [1.54, 1.807) is 16.7 Å². The van der Waals surface area contributed by atoms with Crippen LogP contribution in [0.5, 0.6) is 0 Å². The molecule has 0 saturated heterocycles. The van der Waals surface area contributed by atoms with Gasteiger partial charge in [-0.1, -0.05) is 60.7 Å². The number of nitrogens with one attached hydrogen (secondary N) is 1.